The number of hydrogen-bond donors (Lipinski definition) is 0. The lowest BCUT2D eigenvalue weighted by Crippen LogP contribution is -2.40. The highest BCUT2D eigenvalue weighted by Gasteiger charge is 2.26. The van der Waals surface area contributed by atoms with Crippen LogP contribution in [0, 0.1) is 6.92 Å². The van der Waals surface area contributed by atoms with E-state index >= 15 is 0 Å². The number of carbonyl (C=O) groups excluding carboxylic acids is 2. The molecule has 37 heavy (non-hydrogen) atoms. The Morgan fingerprint density at radius 1 is 1.03 bits per heavy atom. The molecule has 0 unspecified atom stereocenters. The van der Waals surface area contributed by atoms with Crippen LogP contribution in [0.2, 0.25) is 0 Å². The lowest BCUT2D eigenvalue weighted by atomic mass is 10.1. The third-order valence-electron chi connectivity index (χ3n) is 6.40. The van der Waals surface area contributed by atoms with Gasteiger partial charge in [0.1, 0.15) is 4.83 Å². The number of thiophene rings is 1. The molecule has 7 nitrogen and oxygen atoms in total. The maximum atomic E-state index is 13.8. The largest absolute Gasteiger partial charge is 0.378 e. The number of Topliss-reactive ketones (excluding diaryl/α,β-unsaturated/α-hetero) is 1. The molecular formula is C28H27N3O4S2. The van der Waals surface area contributed by atoms with Crippen LogP contribution in [0.4, 0.5) is 0 Å². The number of ketones is 1. The molecule has 2 aromatic heterocycles. The van der Waals surface area contributed by atoms with Crippen LogP contribution in [0.15, 0.2) is 70.6 Å². The van der Waals surface area contributed by atoms with Crippen molar-refractivity contribution in [3.05, 3.63) is 92.6 Å². The van der Waals surface area contributed by atoms with Crippen molar-refractivity contribution in [2.45, 2.75) is 25.0 Å². The minimum atomic E-state index is -0.176. The molecular weight excluding hydrogens is 506 g/mol. The van der Waals surface area contributed by atoms with Gasteiger partial charge >= 0.3 is 0 Å². The minimum absolute atomic E-state index is 0.0277. The predicted molar refractivity (Wildman–Crippen MR) is 147 cm³/mol. The Morgan fingerprint density at radius 2 is 1.70 bits per heavy atom. The SMILES string of the molecule is Cc1c(C(=O)N2CCOCC2)sc2nc(SCC(=O)c3ccccc3)n(CCc3ccccc3)c(=O)c12. The number of fused-ring (bicyclic) bond motifs is 1. The summed E-state index contributed by atoms with van der Waals surface area (Å²) in [5, 5.41) is 0.970. The molecule has 0 bridgehead atoms. The van der Waals surface area contributed by atoms with Gasteiger partial charge in [0.2, 0.25) is 0 Å². The summed E-state index contributed by atoms with van der Waals surface area (Å²) in [7, 11) is 0. The molecule has 1 amide bonds. The molecule has 1 fully saturated rings. The number of nitrogens with zero attached hydrogens (tertiary/aromatic N) is 3. The van der Waals surface area contributed by atoms with E-state index in [1.54, 1.807) is 21.6 Å². The Bertz CT molecular complexity index is 1480. The highest BCUT2D eigenvalue weighted by atomic mass is 32.2. The van der Waals surface area contributed by atoms with E-state index in [4.69, 9.17) is 9.72 Å². The van der Waals surface area contributed by atoms with Crippen LogP contribution >= 0.6 is 23.1 Å². The molecule has 0 N–H and O–H groups in total. The average molecular weight is 534 g/mol. The van der Waals surface area contributed by atoms with E-state index in [2.05, 4.69) is 0 Å². The number of rotatable bonds is 8. The molecule has 0 aliphatic carbocycles. The summed E-state index contributed by atoms with van der Waals surface area (Å²) in [6.07, 6.45) is 0.650. The zero-order valence-corrected chi connectivity index (χ0v) is 22.1. The second-order valence-corrected chi connectivity index (χ2v) is 10.7. The second-order valence-electron chi connectivity index (χ2n) is 8.81. The van der Waals surface area contributed by atoms with Crippen molar-refractivity contribution in [3.8, 4) is 0 Å². The fourth-order valence-electron chi connectivity index (χ4n) is 4.34. The molecule has 1 aliphatic rings. The van der Waals surface area contributed by atoms with Gasteiger partial charge in [-0.3, -0.25) is 19.0 Å². The highest BCUT2D eigenvalue weighted by molar-refractivity contribution is 7.99. The number of thioether (sulfide) groups is 1. The first-order chi connectivity index (χ1) is 18.0. The van der Waals surface area contributed by atoms with Gasteiger partial charge in [0.15, 0.2) is 10.9 Å². The van der Waals surface area contributed by atoms with Gasteiger partial charge in [-0.25, -0.2) is 4.98 Å². The number of morpholine rings is 1. The van der Waals surface area contributed by atoms with E-state index in [0.29, 0.717) is 70.6 Å². The molecule has 1 aliphatic heterocycles. The molecule has 190 valence electrons. The molecule has 2 aromatic carbocycles. The molecule has 0 atom stereocenters. The van der Waals surface area contributed by atoms with Crippen molar-refractivity contribution < 1.29 is 14.3 Å². The summed E-state index contributed by atoms with van der Waals surface area (Å²) in [6, 6.07) is 19.1. The molecule has 3 heterocycles. The molecule has 0 saturated carbocycles. The number of amides is 1. The molecule has 5 rings (SSSR count). The van der Waals surface area contributed by atoms with Crippen molar-refractivity contribution in [2.75, 3.05) is 32.1 Å². The van der Waals surface area contributed by atoms with Gasteiger partial charge in [0, 0.05) is 25.2 Å². The van der Waals surface area contributed by atoms with Crippen molar-refractivity contribution >= 4 is 45.0 Å². The Hall–Kier alpha value is -3.27. The third-order valence-corrected chi connectivity index (χ3v) is 8.55. The Kier molecular flexibility index (Phi) is 7.83. The van der Waals surface area contributed by atoms with Crippen LogP contribution in [0.3, 0.4) is 0 Å². The summed E-state index contributed by atoms with van der Waals surface area (Å²) in [5.74, 6) is 0.0459. The topological polar surface area (TPSA) is 81.5 Å². The van der Waals surface area contributed by atoms with E-state index in [1.165, 1.54) is 23.1 Å². The summed E-state index contributed by atoms with van der Waals surface area (Å²) < 4.78 is 7.03. The van der Waals surface area contributed by atoms with Gasteiger partial charge in [-0.05, 0) is 24.5 Å². The lowest BCUT2D eigenvalue weighted by Gasteiger charge is -2.26. The van der Waals surface area contributed by atoms with E-state index < -0.39 is 0 Å². The first-order valence-electron chi connectivity index (χ1n) is 12.2. The monoisotopic (exact) mass is 533 g/mol. The molecule has 9 heteroatoms. The van der Waals surface area contributed by atoms with Gasteiger partial charge in [0.25, 0.3) is 11.5 Å². The van der Waals surface area contributed by atoms with Gasteiger partial charge in [-0.15, -0.1) is 11.3 Å². The van der Waals surface area contributed by atoms with Crippen molar-refractivity contribution in [3.63, 3.8) is 0 Å². The first-order valence-corrected chi connectivity index (χ1v) is 14.0. The number of hydrogen-bond acceptors (Lipinski definition) is 7. The number of aromatic nitrogens is 2. The zero-order chi connectivity index (χ0) is 25.8. The fourth-order valence-corrected chi connectivity index (χ4v) is 6.45. The van der Waals surface area contributed by atoms with Crippen LogP contribution in [-0.4, -0.2) is 58.2 Å². The second kappa shape index (κ2) is 11.4. The van der Waals surface area contributed by atoms with Gasteiger partial charge in [-0.2, -0.15) is 0 Å². The third kappa shape index (κ3) is 5.53. The molecule has 0 radical (unpaired) electrons. The number of aryl methyl sites for hydroxylation is 2. The Labute approximate surface area is 223 Å². The normalized spacial score (nSPS) is 13.7. The van der Waals surface area contributed by atoms with Crippen LogP contribution < -0.4 is 5.56 Å². The Balaban J connectivity index is 1.50. The average Bonchev–Trinajstić information content (AvgIpc) is 3.28. The number of benzene rings is 2. The summed E-state index contributed by atoms with van der Waals surface area (Å²) >= 11 is 2.52. The summed E-state index contributed by atoms with van der Waals surface area (Å²) in [5.41, 5.74) is 2.22. The van der Waals surface area contributed by atoms with Crippen LogP contribution in [0.25, 0.3) is 10.2 Å². The first kappa shape index (κ1) is 25.4. The van der Waals surface area contributed by atoms with Crippen LogP contribution in [0.1, 0.15) is 31.2 Å². The van der Waals surface area contributed by atoms with Gasteiger partial charge in [-0.1, -0.05) is 72.4 Å². The smallest absolute Gasteiger partial charge is 0.264 e. The maximum absolute atomic E-state index is 13.8. The lowest BCUT2D eigenvalue weighted by molar-refractivity contribution is 0.0305. The number of carbonyl (C=O) groups is 2. The van der Waals surface area contributed by atoms with Crippen molar-refractivity contribution in [2.24, 2.45) is 0 Å². The quantitative estimate of drug-likeness (QED) is 0.189. The van der Waals surface area contributed by atoms with Crippen molar-refractivity contribution in [1.82, 2.24) is 14.5 Å². The summed E-state index contributed by atoms with van der Waals surface area (Å²) in [6.45, 7) is 4.33. The predicted octanol–water partition coefficient (Wildman–Crippen LogP) is 4.46. The highest BCUT2D eigenvalue weighted by Crippen LogP contribution is 2.31. The van der Waals surface area contributed by atoms with Crippen molar-refractivity contribution in [1.29, 1.82) is 0 Å². The van der Waals surface area contributed by atoms with E-state index in [0.717, 1.165) is 5.56 Å². The fraction of sp³-hybridized carbons (Fsp3) is 0.286. The molecule has 4 aromatic rings. The molecule has 1 saturated heterocycles. The minimum Gasteiger partial charge on any atom is -0.378 e. The van der Waals surface area contributed by atoms with E-state index in [-0.39, 0.29) is 23.0 Å². The van der Waals surface area contributed by atoms with E-state index in [9.17, 15) is 14.4 Å². The zero-order valence-electron chi connectivity index (χ0n) is 20.5. The van der Waals surface area contributed by atoms with Gasteiger partial charge < -0.3 is 9.64 Å². The van der Waals surface area contributed by atoms with Crippen LogP contribution in [-0.2, 0) is 17.7 Å². The summed E-state index contributed by atoms with van der Waals surface area (Å²) in [4.78, 5) is 47.5. The van der Waals surface area contributed by atoms with Crippen LogP contribution in [0.5, 0.6) is 0 Å². The molecule has 0 spiro atoms. The maximum Gasteiger partial charge on any atom is 0.264 e. The van der Waals surface area contributed by atoms with Gasteiger partial charge in [0.05, 0.1) is 29.2 Å². The standard InChI is InChI=1S/C28H27N3O4S2/c1-19-23-25(37-24(19)27(34)30-14-16-35-17-15-30)29-28(36-18-22(32)21-10-6-3-7-11-21)31(26(23)33)13-12-20-8-4-2-5-9-20/h2-11H,12-18H2,1H3. The number of ether oxygens (including phenoxy) is 1. The van der Waals surface area contributed by atoms with E-state index in [1.807, 2.05) is 55.5 Å². The Morgan fingerprint density at radius 3 is 2.41 bits per heavy atom.